The molecule has 1 aromatic heterocycles. The van der Waals surface area contributed by atoms with Gasteiger partial charge in [0.25, 0.3) is 0 Å². The summed E-state index contributed by atoms with van der Waals surface area (Å²) in [6, 6.07) is 7.13. The predicted octanol–water partition coefficient (Wildman–Crippen LogP) is 3.18. The van der Waals surface area contributed by atoms with E-state index in [9.17, 15) is 4.39 Å². The highest BCUT2D eigenvalue weighted by atomic mass is 19.1. The highest BCUT2D eigenvalue weighted by molar-refractivity contribution is 5.82. The fraction of sp³-hybridized carbons (Fsp3) is 0.357. The minimum absolute atomic E-state index is 0.247. The summed E-state index contributed by atoms with van der Waals surface area (Å²) in [5.74, 6) is -0.247. The van der Waals surface area contributed by atoms with Crippen LogP contribution in [0.1, 0.15) is 24.6 Å². The van der Waals surface area contributed by atoms with Crippen molar-refractivity contribution in [3.05, 3.63) is 41.3 Å². The fourth-order valence-electron chi connectivity index (χ4n) is 1.97. The van der Waals surface area contributed by atoms with Crippen LogP contribution in [0, 0.1) is 12.7 Å². The molecule has 0 saturated heterocycles. The number of hydrogen-bond donors (Lipinski definition) is 1. The standard InChI is InChI=1S/C14H17FN2/c1-3-7-16-9-11-8-10(2)17-14-12(11)5-4-6-13(14)15/h4-6,8,16H,3,7,9H2,1-2H3. The van der Waals surface area contributed by atoms with Gasteiger partial charge in [0, 0.05) is 17.6 Å². The van der Waals surface area contributed by atoms with Crippen LogP contribution in [0.4, 0.5) is 4.39 Å². The summed E-state index contributed by atoms with van der Waals surface area (Å²) in [6.07, 6.45) is 1.09. The molecular formula is C14H17FN2. The third kappa shape index (κ3) is 2.61. The van der Waals surface area contributed by atoms with Gasteiger partial charge in [0.05, 0.1) is 0 Å². The van der Waals surface area contributed by atoms with Gasteiger partial charge in [-0.05, 0) is 37.6 Å². The molecule has 0 bridgehead atoms. The van der Waals surface area contributed by atoms with Gasteiger partial charge in [-0.2, -0.15) is 0 Å². The third-order valence-electron chi connectivity index (χ3n) is 2.75. The molecule has 3 heteroatoms. The zero-order valence-corrected chi connectivity index (χ0v) is 10.3. The van der Waals surface area contributed by atoms with Crippen LogP contribution in [0.3, 0.4) is 0 Å². The average molecular weight is 232 g/mol. The van der Waals surface area contributed by atoms with Crippen LogP contribution in [-0.4, -0.2) is 11.5 Å². The molecule has 0 atom stereocenters. The van der Waals surface area contributed by atoms with E-state index >= 15 is 0 Å². The van der Waals surface area contributed by atoms with Crippen molar-refractivity contribution < 1.29 is 4.39 Å². The van der Waals surface area contributed by atoms with E-state index in [2.05, 4.69) is 17.2 Å². The number of fused-ring (bicyclic) bond motifs is 1. The van der Waals surface area contributed by atoms with E-state index in [0.29, 0.717) is 5.52 Å². The van der Waals surface area contributed by atoms with E-state index in [1.54, 1.807) is 6.07 Å². The van der Waals surface area contributed by atoms with Crippen LogP contribution >= 0.6 is 0 Å². The van der Waals surface area contributed by atoms with Gasteiger partial charge < -0.3 is 5.32 Å². The molecule has 0 unspecified atom stereocenters. The maximum Gasteiger partial charge on any atom is 0.149 e. The maximum absolute atomic E-state index is 13.7. The molecule has 2 aromatic rings. The lowest BCUT2D eigenvalue weighted by Crippen LogP contribution is -2.14. The first-order valence-corrected chi connectivity index (χ1v) is 5.98. The quantitative estimate of drug-likeness (QED) is 0.819. The second-order valence-corrected chi connectivity index (χ2v) is 4.24. The lowest BCUT2D eigenvalue weighted by molar-refractivity contribution is 0.635. The Morgan fingerprint density at radius 3 is 2.94 bits per heavy atom. The Bertz CT molecular complexity index is 523. The number of halogens is 1. The number of hydrogen-bond acceptors (Lipinski definition) is 2. The van der Waals surface area contributed by atoms with Crippen molar-refractivity contribution in [3.63, 3.8) is 0 Å². The highest BCUT2D eigenvalue weighted by Crippen LogP contribution is 2.20. The molecule has 0 amide bonds. The molecule has 1 heterocycles. The molecule has 0 spiro atoms. The summed E-state index contributed by atoms with van der Waals surface area (Å²) in [5.41, 5.74) is 2.44. The molecule has 17 heavy (non-hydrogen) atoms. The number of nitrogens with zero attached hydrogens (tertiary/aromatic N) is 1. The van der Waals surface area contributed by atoms with Crippen molar-refractivity contribution in [2.24, 2.45) is 0 Å². The summed E-state index contributed by atoms with van der Waals surface area (Å²) in [7, 11) is 0. The first-order valence-electron chi connectivity index (χ1n) is 5.98. The number of pyridine rings is 1. The van der Waals surface area contributed by atoms with E-state index < -0.39 is 0 Å². The Hall–Kier alpha value is -1.48. The number of para-hydroxylation sites is 1. The summed E-state index contributed by atoms with van der Waals surface area (Å²) in [5, 5.41) is 4.24. The molecule has 0 saturated carbocycles. The Balaban J connectivity index is 2.43. The van der Waals surface area contributed by atoms with Crippen molar-refractivity contribution in [2.75, 3.05) is 6.54 Å². The summed E-state index contributed by atoms with van der Waals surface area (Å²) in [6.45, 7) is 5.76. The van der Waals surface area contributed by atoms with E-state index in [1.807, 2.05) is 19.1 Å². The van der Waals surface area contributed by atoms with Gasteiger partial charge in [0.15, 0.2) is 0 Å². The molecular weight excluding hydrogens is 215 g/mol. The average Bonchev–Trinajstić information content (AvgIpc) is 2.31. The van der Waals surface area contributed by atoms with Crippen molar-refractivity contribution in [1.29, 1.82) is 0 Å². The summed E-state index contributed by atoms with van der Waals surface area (Å²) < 4.78 is 13.7. The number of benzene rings is 1. The van der Waals surface area contributed by atoms with Crippen LogP contribution < -0.4 is 5.32 Å². The van der Waals surface area contributed by atoms with Gasteiger partial charge in [0.2, 0.25) is 0 Å². The number of aromatic nitrogens is 1. The van der Waals surface area contributed by atoms with E-state index in [0.717, 1.165) is 36.2 Å². The molecule has 90 valence electrons. The minimum atomic E-state index is -0.247. The van der Waals surface area contributed by atoms with Gasteiger partial charge in [-0.25, -0.2) is 4.39 Å². The normalized spacial score (nSPS) is 11.0. The van der Waals surface area contributed by atoms with Gasteiger partial charge in [-0.15, -0.1) is 0 Å². The Kier molecular flexibility index (Phi) is 3.69. The molecule has 0 fully saturated rings. The SMILES string of the molecule is CCCNCc1cc(C)nc2c(F)cccc12. The van der Waals surface area contributed by atoms with Crippen LogP contribution in [0.25, 0.3) is 10.9 Å². The van der Waals surface area contributed by atoms with Crippen LogP contribution in [0.5, 0.6) is 0 Å². The van der Waals surface area contributed by atoms with E-state index in [1.165, 1.54) is 6.07 Å². The molecule has 0 aliphatic rings. The zero-order valence-electron chi connectivity index (χ0n) is 10.3. The molecule has 2 rings (SSSR count). The van der Waals surface area contributed by atoms with Gasteiger partial charge in [0.1, 0.15) is 11.3 Å². The van der Waals surface area contributed by atoms with Gasteiger partial charge in [-0.1, -0.05) is 19.1 Å². The monoisotopic (exact) mass is 232 g/mol. The first kappa shape index (κ1) is 12.0. The van der Waals surface area contributed by atoms with Gasteiger partial charge in [-0.3, -0.25) is 4.98 Å². The second kappa shape index (κ2) is 5.23. The van der Waals surface area contributed by atoms with Gasteiger partial charge >= 0.3 is 0 Å². The van der Waals surface area contributed by atoms with Crippen molar-refractivity contribution in [3.8, 4) is 0 Å². The number of nitrogens with one attached hydrogen (secondary N) is 1. The lowest BCUT2D eigenvalue weighted by Gasteiger charge is -2.09. The van der Waals surface area contributed by atoms with Crippen molar-refractivity contribution >= 4 is 10.9 Å². The molecule has 0 radical (unpaired) electrons. The Morgan fingerprint density at radius 2 is 2.18 bits per heavy atom. The summed E-state index contributed by atoms with van der Waals surface area (Å²) in [4.78, 5) is 4.26. The number of rotatable bonds is 4. The summed E-state index contributed by atoms with van der Waals surface area (Å²) >= 11 is 0. The van der Waals surface area contributed by atoms with Crippen LogP contribution in [-0.2, 0) is 6.54 Å². The lowest BCUT2D eigenvalue weighted by atomic mass is 10.1. The highest BCUT2D eigenvalue weighted by Gasteiger charge is 2.07. The first-order chi connectivity index (χ1) is 8.22. The third-order valence-corrected chi connectivity index (χ3v) is 2.75. The van der Waals surface area contributed by atoms with Crippen LogP contribution in [0.2, 0.25) is 0 Å². The maximum atomic E-state index is 13.7. The molecule has 1 aromatic carbocycles. The Labute approximate surface area is 101 Å². The number of aryl methyl sites for hydroxylation is 1. The van der Waals surface area contributed by atoms with Crippen molar-refractivity contribution in [1.82, 2.24) is 10.3 Å². The fourth-order valence-corrected chi connectivity index (χ4v) is 1.97. The smallest absolute Gasteiger partial charge is 0.149 e. The van der Waals surface area contributed by atoms with Crippen molar-refractivity contribution in [2.45, 2.75) is 26.8 Å². The second-order valence-electron chi connectivity index (χ2n) is 4.24. The molecule has 1 N–H and O–H groups in total. The zero-order chi connectivity index (χ0) is 12.3. The molecule has 0 aliphatic heterocycles. The molecule has 2 nitrogen and oxygen atoms in total. The Morgan fingerprint density at radius 1 is 1.35 bits per heavy atom. The van der Waals surface area contributed by atoms with E-state index in [4.69, 9.17) is 0 Å². The predicted molar refractivity (Wildman–Crippen MR) is 68.4 cm³/mol. The van der Waals surface area contributed by atoms with E-state index in [-0.39, 0.29) is 5.82 Å². The largest absolute Gasteiger partial charge is 0.313 e. The minimum Gasteiger partial charge on any atom is -0.313 e. The molecule has 0 aliphatic carbocycles. The topological polar surface area (TPSA) is 24.9 Å². The van der Waals surface area contributed by atoms with Crippen LogP contribution in [0.15, 0.2) is 24.3 Å².